The lowest BCUT2D eigenvalue weighted by molar-refractivity contribution is -0.115. The zero-order chi connectivity index (χ0) is 16.4. The summed E-state index contributed by atoms with van der Waals surface area (Å²) in [5.41, 5.74) is 1.66. The number of rotatable bonds is 10. The molecule has 0 fully saturated rings. The van der Waals surface area contributed by atoms with Gasteiger partial charge in [0, 0.05) is 39.4 Å². The van der Waals surface area contributed by atoms with Crippen LogP contribution in [-0.4, -0.2) is 53.5 Å². The maximum Gasteiger partial charge on any atom is 0.224 e. The van der Waals surface area contributed by atoms with Crippen LogP contribution in [0, 0.1) is 0 Å². The van der Waals surface area contributed by atoms with Crippen LogP contribution in [0.4, 0.5) is 11.4 Å². The minimum Gasteiger partial charge on any atom is -0.495 e. The van der Waals surface area contributed by atoms with Crippen molar-refractivity contribution in [2.45, 2.75) is 13.3 Å². The summed E-state index contributed by atoms with van der Waals surface area (Å²) in [5.74, 6) is 0.734. The second-order valence-corrected chi connectivity index (χ2v) is 4.76. The van der Waals surface area contributed by atoms with Crippen molar-refractivity contribution >= 4 is 17.3 Å². The Morgan fingerprint density at radius 2 is 1.77 bits per heavy atom. The van der Waals surface area contributed by atoms with Crippen LogP contribution in [0.1, 0.15) is 13.3 Å². The highest BCUT2D eigenvalue weighted by Crippen LogP contribution is 2.31. The van der Waals surface area contributed by atoms with Crippen LogP contribution >= 0.6 is 0 Å². The molecule has 1 N–H and O–H groups in total. The van der Waals surface area contributed by atoms with Gasteiger partial charge in [-0.2, -0.15) is 0 Å². The monoisotopic (exact) mass is 310 g/mol. The number of anilines is 2. The smallest absolute Gasteiger partial charge is 0.224 e. The van der Waals surface area contributed by atoms with Crippen molar-refractivity contribution in [3.8, 4) is 5.75 Å². The molecule has 0 unspecified atom stereocenters. The summed E-state index contributed by atoms with van der Waals surface area (Å²) >= 11 is 0. The van der Waals surface area contributed by atoms with Crippen molar-refractivity contribution in [3.05, 3.63) is 18.2 Å². The van der Waals surface area contributed by atoms with Crippen LogP contribution in [0.25, 0.3) is 0 Å². The molecule has 6 heteroatoms. The highest BCUT2D eigenvalue weighted by atomic mass is 16.5. The largest absolute Gasteiger partial charge is 0.495 e. The van der Waals surface area contributed by atoms with E-state index in [1.807, 2.05) is 25.1 Å². The molecule has 1 aromatic rings. The molecule has 0 radical (unpaired) electrons. The van der Waals surface area contributed by atoms with E-state index in [0.717, 1.165) is 17.1 Å². The predicted molar refractivity (Wildman–Crippen MR) is 87.9 cm³/mol. The second-order valence-electron chi connectivity index (χ2n) is 4.76. The number of benzene rings is 1. The van der Waals surface area contributed by atoms with E-state index in [9.17, 15) is 4.79 Å². The molecule has 6 nitrogen and oxygen atoms in total. The van der Waals surface area contributed by atoms with Crippen LogP contribution in [0.15, 0.2) is 18.2 Å². The van der Waals surface area contributed by atoms with Gasteiger partial charge in [-0.25, -0.2) is 0 Å². The molecule has 22 heavy (non-hydrogen) atoms. The van der Waals surface area contributed by atoms with E-state index in [2.05, 4.69) is 10.2 Å². The molecular weight excluding hydrogens is 284 g/mol. The molecule has 0 heterocycles. The van der Waals surface area contributed by atoms with Crippen molar-refractivity contribution < 1.29 is 19.0 Å². The van der Waals surface area contributed by atoms with Crippen LogP contribution in [0.5, 0.6) is 5.75 Å². The van der Waals surface area contributed by atoms with Gasteiger partial charge in [-0.3, -0.25) is 4.79 Å². The number of ether oxygens (including phenoxy) is 3. The minimum absolute atomic E-state index is 0.0172. The molecule has 0 spiro atoms. The average Bonchev–Trinajstić information content (AvgIpc) is 2.55. The minimum atomic E-state index is -0.0172. The van der Waals surface area contributed by atoms with Gasteiger partial charge in [-0.15, -0.1) is 0 Å². The molecule has 0 saturated carbocycles. The molecular formula is C16H26N2O4. The van der Waals surface area contributed by atoms with Gasteiger partial charge in [0.25, 0.3) is 0 Å². The molecule has 0 aliphatic carbocycles. The summed E-state index contributed by atoms with van der Waals surface area (Å²) in [4.78, 5) is 13.7. The van der Waals surface area contributed by atoms with Crippen molar-refractivity contribution in [2.24, 2.45) is 0 Å². The van der Waals surface area contributed by atoms with Crippen LogP contribution < -0.4 is 15.0 Å². The third-order valence-electron chi connectivity index (χ3n) is 3.26. The van der Waals surface area contributed by atoms with Crippen LogP contribution in [0.3, 0.4) is 0 Å². The molecule has 1 amide bonds. The number of carbonyl (C=O) groups excluding carboxylic acids is 1. The summed E-state index contributed by atoms with van der Waals surface area (Å²) in [6.45, 7) is 4.43. The maximum atomic E-state index is 11.6. The second kappa shape index (κ2) is 10.0. The van der Waals surface area contributed by atoms with Gasteiger partial charge in [0.15, 0.2) is 0 Å². The Bertz CT molecular complexity index is 457. The Labute approximate surface area is 132 Å². The Morgan fingerprint density at radius 3 is 2.27 bits per heavy atom. The van der Waals surface area contributed by atoms with Gasteiger partial charge < -0.3 is 24.4 Å². The fraction of sp³-hybridized carbons (Fsp3) is 0.562. The zero-order valence-electron chi connectivity index (χ0n) is 13.8. The fourth-order valence-corrected chi connectivity index (χ4v) is 2.02. The van der Waals surface area contributed by atoms with E-state index in [1.54, 1.807) is 21.3 Å². The molecule has 0 atom stereocenters. The van der Waals surface area contributed by atoms with Gasteiger partial charge in [-0.05, 0) is 18.2 Å². The lowest BCUT2D eigenvalue weighted by Crippen LogP contribution is -2.31. The summed E-state index contributed by atoms with van der Waals surface area (Å²) in [5, 5.41) is 2.87. The van der Waals surface area contributed by atoms with Gasteiger partial charge in [0.1, 0.15) is 5.75 Å². The summed E-state index contributed by atoms with van der Waals surface area (Å²) in [7, 11) is 4.97. The average molecular weight is 310 g/mol. The lowest BCUT2D eigenvalue weighted by atomic mass is 10.2. The first-order valence-electron chi connectivity index (χ1n) is 7.37. The molecule has 1 aromatic carbocycles. The van der Waals surface area contributed by atoms with Crippen LogP contribution in [0.2, 0.25) is 0 Å². The number of nitrogens with one attached hydrogen (secondary N) is 1. The quantitative estimate of drug-likeness (QED) is 0.717. The highest BCUT2D eigenvalue weighted by Gasteiger charge is 2.13. The van der Waals surface area contributed by atoms with Crippen LogP contribution in [-0.2, 0) is 14.3 Å². The Morgan fingerprint density at radius 1 is 1.14 bits per heavy atom. The van der Waals surface area contributed by atoms with Crippen molar-refractivity contribution in [1.29, 1.82) is 0 Å². The SMILES string of the molecule is CCC(=O)Nc1ccc(OC)c(N(CCOC)CCOC)c1. The Balaban J connectivity index is 3.02. The fourth-order valence-electron chi connectivity index (χ4n) is 2.02. The molecule has 1 rings (SSSR count). The van der Waals surface area contributed by atoms with Gasteiger partial charge in [0.2, 0.25) is 5.91 Å². The Kier molecular flexibility index (Phi) is 8.32. The van der Waals surface area contributed by atoms with Crippen molar-refractivity contribution in [1.82, 2.24) is 0 Å². The van der Waals surface area contributed by atoms with E-state index >= 15 is 0 Å². The van der Waals surface area contributed by atoms with E-state index in [0.29, 0.717) is 32.7 Å². The van der Waals surface area contributed by atoms with E-state index in [-0.39, 0.29) is 5.91 Å². The first kappa shape index (κ1) is 18.3. The van der Waals surface area contributed by atoms with Gasteiger partial charge in [-0.1, -0.05) is 6.92 Å². The van der Waals surface area contributed by atoms with Crippen molar-refractivity contribution in [2.75, 3.05) is 57.8 Å². The summed E-state index contributed by atoms with van der Waals surface area (Å²) in [6.07, 6.45) is 0.443. The first-order valence-corrected chi connectivity index (χ1v) is 7.37. The zero-order valence-corrected chi connectivity index (χ0v) is 13.8. The van der Waals surface area contributed by atoms with Gasteiger partial charge in [0.05, 0.1) is 26.0 Å². The molecule has 0 saturated heterocycles. The number of methoxy groups -OCH3 is 3. The topological polar surface area (TPSA) is 60.0 Å². The number of amides is 1. The summed E-state index contributed by atoms with van der Waals surface area (Å²) < 4.78 is 15.8. The van der Waals surface area contributed by atoms with Gasteiger partial charge >= 0.3 is 0 Å². The molecule has 0 aromatic heterocycles. The maximum absolute atomic E-state index is 11.6. The first-order chi connectivity index (χ1) is 10.7. The lowest BCUT2D eigenvalue weighted by Gasteiger charge is -2.26. The van der Waals surface area contributed by atoms with Crippen molar-refractivity contribution in [3.63, 3.8) is 0 Å². The third kappa shape index (κ3) is 5.54. The van der Waals surface area contributed by atoms with E-state index in [4.69, 9.17) is 14.2 Å². The number of carbonyl (C=O) groups is 1. The Hall–Kier alpha value is -1.79. The number of hydrogen-bond donors (Lipinski definition) is 1. The number of nitrogens with zero attached hydrogens (tertiary/aromatic N) is 1. The summed E-state index contributed by atoms with van der Waals surface area (Å²) in [6, 6.07) is 5.60. The highest BCUT2D eigenvalue weighted by molar-refractivity contribution is 5.91. The molecule has 124 valence electrons. The third-order valence-corrected chi connectivity index (χ3v) is 3.26. The molecule has 0 bridgehead atoms. The van der Waals surface area contributed by atoms with E-state index in [1.165, 1.54) is 0 Å². The standard InChI is InChI=1S/C16H26N2O4/c1-5-16(19)17-13-6-7-15(22-4)14(12-13)18(8-10-20-2)9-11-21-3/h6-7,12H,5,8-11H2,1-4H3,(H,17,19). The van der Waals surface area contributed by atoms with E-state index < -0.39 is 0 Å². The predicted octanol–water partition coefficient (Wildman–Crippen LogP) is 2.14. The molecule has 0 aliphatic rings. The molecule has 0 aliphatic heterocycles. The normalized spacial score (nSPS) is 10.4. The number of hydrogen-bond acceptors (Lipinski definition) is 5.